The Balaban J connectivity index is 2.27. The molecule has 0 amide bonds. The third-order valence-corrected chi connectivity index (χ3v) is 3.75. The summed E-state index contributed by atoms with van der Waals surface area (Å²) in [6, 6.07) is 14.3. The number of halogens is 1. The Bertz CT molecular complexity index is 583. The molecule has 0 heterocycles. The van der Waals surface area contributed by atoms with Gasteiger partial charge in [-0.25, -0.2) is 0 Å². The second-order valence-corrected chi connectivity index (χ2v) is 5.96. The quantitative estimate of drug-likeness (QED) is 0.850. The lowest BCUT2D eigenvalue weighted by atomic mass is 10.0. The van der Waals surface area contributed by atoms with E-state index in [1.807, 2.05) is 30.3 Å². The van der Waals surface area contributed by atoms with Crippen LogP contribution in [-0.2, 0) is 6.42 Å². The van der Waals surface area contributed by atoms with Crippen molar-refractivity contribution in [1.29, 1.82) is 0 Å². The van der Waals surface area contributed by atoms with E-state index < -0.39 is 0 Å². The third-order valence-electron chi connectivity index (χ3n) is 3.25. The van der Waals surface area contributed by atoms with Crippen LogP contribution in [0.4, 0.5) is 0 Å². The van der Waals surface area contributed by atoms with Gasteiger partial charge in [-0.05, 0) is 55.2 Å². The second kappa shape index (κ2) is 6.91. The van der Waals surface area contributed by atoms with Gasteiger partial charge >= 0.3 is 0 Å². The van der Waals surface area contributed by atoms with Crippen LogP contribution in [0.5, 0.6) is 11.5 Å². The molecule has 3 heteroatoms. The molecule has 1 atom stereocenters. The average molecular weight is 334 g/mol. The van der Waals surface area contributed by atoms with Crippen LogP contribution in [0.3, 0.4) is 0 Å². The van der Waals surface area contributed by atoms with Crippen molar-refractivity contribution in [2.75, 3.05) is 0 Å². The summed E-state index contributed by atoms with van der Waals surface area (Å²) in [5.74, 6) is 1.73. The van der Waals surface area contributed by atoms with Crippen molar-refractivity contribution in [3.63, 3.8) is 0 Å². The highest BCUT2D eigenvalue weighted by atomic mass is 79.9. The highest BCUT2D eigenvalue weighted by molar-refractivity contribution is 9.10. The monoisotopic (exact) mass is 333 g/mol. The van der Waals surface area contributed by atoms with Crippen LogP contribution in [0.1, 0.15) is 24.5 Å². The van der Waals surface area contributed by atoms with Gasteiger partial charge < -0.3 is 10.5 Å². The molecule has 2 aromatic carbocycles. The topological polar surface area (TPSA) is 35.2 Å². The molecular formula is C17H20BrNO. The smallest absolute Gasteiger partial charge is 0.131 e. The molecule has 0 aliphatic rings. The Kier molecular flexibility index (Phi) is 5.21. The van der Waals surface area contributed by atoms with Crippen LogP contribution in [0.25, 0.3) is 0 Å². The zero-order valence-corrected chi connectivity index (χ0v) is 13.5. The molecule has 0 aromatic heterocycles. The number of ether oxygens (including phenoxy) is 1. The molecule has 0 saturated carbocycles. The molecule has 2 rings (SSSR count). The summed E-state index contributed by atoms with van der Waals surface area (Å²) in [6.45, 7) is 4.16. The van der Waals surface area contributed by atoms with Gasteiger partial charge in [-0.15, -0.1) is 0 Å². The van der Waals surface area contributed by atoms with E-state index in [1.54, 1.807) is 0 Å². The van der Waals surface area contributed by atoms with E-state index >= 15 is 0 Å². The van der Waals surface area contributed by atoms with E-state index in [4.69, 9.17) is 10.5 Å². The lowest BCUT2D eigenvalue weighted by Gasteiger charge is -2.15. The molecule has 0 saturated heterocycles. The molecule has 20 heavy (non-hydrogen) atoms. The predicted molar refractivity (Wildman–Crippen MR) is 87.4 cm³/mol. The molecule has 0 radical (unpaired) electrons. The minimum atomic E-state index is 0.163. The maximum Gasteiger partial charge on any atom is 0.131 e. The van der Waals surface area contributed by atoms with Gasteiger partial charge in [0.2, 0.25) is 0 Å². The SMILES string of the molecule is CCC(N)Cc1ccc(Br)cc1Oc1cccc(C)c1. The van der Waals surface area contributed by atoms with E-state index in [9.17, 15) is 0 Å². The molecular weight excluding hydrogens is 314 g/mol. The van der Waals surface area contributed by atoms with Gasteiger partial charge in [0.15, 0.2) is 0 Å². The van der Waals surface area contributed by atoms with Gasteiger partial charge in [-0.2, -0.15) is 0 Å². The van der Waals surface area contributed by atoms with E-state index in [2.05, 4.69) is 41.9 Å². The van der Waals surface area contributed by atoms with Crippen molar-refractivity contribution in [2.24, 2.45) is 5.73 Å². The van der Waals surface area contributed by atoms with E-state index in [0.717, 1.165) is 34.4 Å². The Hall–Kier alpha value is -1.32. The normalized spacial score (nSPS) is 12.2. The van der Waals surface area contributed by atoms with Crippen molar-refractivity contribution in [2.45, 2.75) is 32.7 Å². The number of benzene rings is 2. The van der Waals surface area contributed by atoms with Crippen LogP contribution in [-0.4, -0.2) is 6.04 Å². The highest BCUT2D eigenvalue weighted by Gasteiger charge is 2.09. The van der Waals surface area contributed by atoms with E-state index in [1.165, 1.54) is 5.56 Å². The summed E-state index contributed by atoms with van der Waals surface area (Å²) in [7, 11) is 0. The fraction of sp³-hybridized carbons (Fsp3) is 0.294. The third kappa shape index (κ3) is 4.09. The average Bonchev–Trinajstić information content (AvgIpc) is 2.41. The zero-order chi connectivity index (χ0) is 14.5. The number of rotatable bonds is 5. The van der Waals surface area contributed by atoms with Gasteiger partial charge in [-0.1, -0.05) is 41.1 Å². The summed E-state index contributed by atoms with van der Waals surface area (Å²) in [5, 5.41) is 0. The van der Waals surface area contributed by atoms with Crippen molar-refractivity contribution < 1.29 is 4.74 Å². The first kappa shape index (κ1) is 15.1. The molecule has 0 spiro atoms. The standard InChI is InChI=1S/C17H20BrNO/c1-3-15(19)10-13-7-8-14(18)11-17(13)20-16-6-4-5-12(2)9-16/h4-9,11,15H,3,10,19H2,1-2H3. The van der Waals surface area contributed by atoms with Gasteiger partial charge in [0.05, 0.1) is 0 Å². The zero-order valence-electron chi connectivity index (χ0n) is 11.9. The minimum absolute atomic E-state index is 0.163. The lowest BCUT2D eigenvalue weighted by Crippen LogP contribution is -2.21. The summed E-state index contributed by atoms with van der Waals surface area (Å²) in [4.78, 5) is 0. The first-order valence-corrected chi connectivity index (χ1v) is 7.66. The van der Waals surface area contributed by atoms with Crippen LogP contribution in [0.15, 0.2) is 46.9 Å². The summed E-state index contributed by atoms with van der Waals surface area (Å²) in [6.07, 6.45) is 1.78. The maximum atomic E-state index is 6.06. The molecule has 2 aromatic rings. The molecule has 2 nitrogen and oxygen atoms in total. The molecule has 2 N–H and O–H groups in total. The fourth-order valence-electron chi connectivity index (χ4n) is 2.02. The Morgan fingerprint density at radius 1 is 1.20 bits per heavy atom. The van der Waals surface area contributed by atoms with Gasteiger partial charge in [0, 0.05) is 10.5 Å². The molecule has 1 unspecified atom stereocenters. The van der Waals surface area contributed by atoms with Crippen LogP contribution >= 0.6 is 15.9 Å². The Morgan fingerprint density at radius 2 is 2.00 bits per heavy atom. The molecule has 0 fully saturated rings. The second-order valence-electron chi connectivity index (χ2n) is 5.04. The Morgan fingerprint density at radius 3 is 2.70 bits per heavy atom. The van der Waals surface area contributed by atoms with Crippen LogP contribution in [0.2, 0.25) is 0 Å². The highest BCUT2D eigenvalue weighted by Crippen LogP contribution is 2.30. The van der Waals surface area contributed by atoms with Crippen molar-refractivity contribution in [3.8, 4) is 11.5 Å². The first-order valence-electron chi connectivity index (χ1n) is 6.87. The number of hydrogen-bond donors (Lipinski definition) is 1. The van der Waals surface area contributed by atoms with Crippen molar-refractivity contribution in [3.05, 3.63) is 58.1 Å². The predicted octanol–water partition coefficient (Wildman–Crippen LogP) is 4.83. The minimum Gasteiger partial charge on any atom is -0.457 e. The first-order chi connectivity index (χ1) is 9.58. The summed E-state index contributed by atoms with van der Waals surface area (Å²) in [5.41, 5.74) is 8.39. The van der Waals surface area contributed by atoms with E-state index in [0.29, 0.717) is 0 Å². The largest absolute Gasteiger partial charge is 0.457 e. The molecule has 0 aliphatic heterocycles. The van der Waals surface area contributed by atoms with Crippen molar-refractivity contribution in [1.82, 2.24) is 0 Å². The number of aryl methyl sites for hydroxylation is 1. The number of nitrogens with two attached hydrogens (primary N) is 1. The Labute approximate surface area is 129 Å². The summed E-state index contributed by atoms with van der Waals surface area (Å²) >= 11 is 3.50. The maximum absolute atomic E-state index is 6.06. The van der Waals surface area contributed by atoms with Crippen LogP contribution in [0, 0.1) is 6.92 Å². The number of hydrogen-bond acceptors (Lipinski definition) is 2. The van der Waals surface area contributed by atoms with Crippen LogP contribution < -0.4 is 10.5 Å². The fourth-order valence-corrected chi connectivity index (χ4v) is 2.36. The lowest BCUT2D eigenvalue weighted by molar-refractivity contribution is 0.471. The molecule has 0 aliphatic carbocycles. The molecule has 106 valence electrons. The van der Waals surface area contributed by atoms with Gasteiger partial charge in [0.25, 0.3) is 0 Å². The van der Waals surface area contributed by atoms with E-state index in [-0.39, 0.29) is 6.04 Å². The van der Waals surface area contributed by atoms with Gasteiger partial charge in [0.1, 0.15) is 11.5 Å². The van der Waals surface area contributed by atoms with Gasteiger partial charge in [-0.3, -0.25) is 0 Å². The molecule has 0 bridgehead atoms. The van der Waals surface area contributed by atoms with Crippen molar-refractivity contribution >= 4 is 15.9 Å². The summed E-state index contributed by atoms with van der Waals surface area (Å²) < 4.78 is 7.04.